The monoisotopic (exact) mass is 306 g/mol. The van der Waals surface area contributed by atoms with Crippen LogP contribution in [0.3, 0.4) is 0 Å². The number of ether oxygens (including phenoxy) is 1. The van der Waals surface area contributed by atoms with E-state index in [2.05, 4.69) is 16.9 Å². The molecule has 1 aromatic rings. The number of allylic oxidation sites excluding steroid dienone is 1. The summed E-state index contributed by atoms with van der Waals surface area (Å²) in [6.07, 6.45) is 2.96. The highest BCUT2D eigenvalue weighted by Crippen LogP contribution is 2.09. The van der Waals surface area contributed by atoms with Gasteiger partial charge in [0.25, 0.3) is 0 Å². The largest absolute Gasteiger partial charge is 0.444 e. The number of nitrogens with one attached hydrogen (secondary N) is 1. The number of rotatable bonds is 5. The molecule has 0 aromatic carbocycles. The quantitative estimate of drug-likeness (QED) is 0.838. The van der Waals surface area contributed by atoms with Crippen LogP contribution in [0.2, 0.25) is 0 Å². The third-order valence-electron chi connectivity index (χ3n) is 2.34. The van der Waals surface area contributed by atoms with Crippen LogP contribution in [0.1, 0.15) is 57.1 Å². The van der Waals surface area contributed by atoms with Crippen molar-refractivity contribution in [3.05, 3.63) is 41.9 Å². The maximum atomic E-state index is 11.5. The number of nitrogens with zero attached hydrogens (tertiary/aromatic N) is 1. The minimum absolute atomic E-state index is 0.508. The summed E-state index contributed by atoms with van der Waals surface area (Å²) in [6, 6.07) is 3.49. The zero-order valence-corrected chi connectivity index (χ0v) is 14.1. The van der Waals surface area contributed by atoms with Crippen LogP contribution in [-0.4, -0.2) is 23.0 Å². The highest BCUT2D eigenvalue weighted by molar-refractivity contribution is 5.73. The molecule has 1 rings (SSSR count). The molecule has 0 spiro atoms. The van der Waals surface area contributed by atoms with Crippen LogP contribution in [0.15, 0.2) is 30.6 Å². The Bertz CT molecular complexity index is 488. The predicted octanol–water partition coefficient (Wildman–Crippen LogP) is 3.89. The van der Waals surface area contributed by atoms with Gasteiger partial charge in [-0.1, -0.05) is 20.4 Å². The fraction of sp³-hybridized carbons (Fsp3) is 0.471. The molecule has 0 atom stereocenters. The number of aromatic nitrogens is 1. The van der Waals surface area contributed by atoms with Crippen molar-refractivity contribution in [2.24, 2.45) is 0 Å². The van der Waals surface area contributed by atoms with E-state index in [4.69, 9.17) is 4.74 Å². The van der Waals surface area contributed by atoms with Crippen molar-refractivity contribution >= 4 is 12.4 Å². The second-order valence-corrected chi connectivity index (χ2v) is 5.43. The summed E-state index contributed by atoms with van der Waals surface area (Å²) in [5.41, 5.74) is 1.42. The SMILES string of the molecule is C=C(CCc1ccc(C=O)cn1)NC(=O)OC(C)(C)C.CC. The molecule has 1 amide bonds. The number of carbonyl (C=O) groups is 2. The van der Waals surface area contributed by atoms with Gasteiger partial charge in [-0.25, -0.2) is 4.79 Å². The second kappa shape index (κ2) is 9.71. The van der Waals surface area contributed by atoms with E-state index in [9.17, 15) is 9.59 Å². The number of aryl methyl sites for hydroxylation is 1. The number of amides is 1. The second-order valence-electron chi connectivity index (χ2n) is 5.43. The fourth-order valence-corrected chi connectivity index (χ4v) is 1.44. The number of alkyl carbamates (subject to hydrolysis) is 1. The Morgan fingerprint density at radius 3 is 2.45 bits per heavy atom. The maximum Gasteiger partial charge on any atom is 0.411 e. The van der Waals surface area contributed by atoms with E-state index in [1.165, 1.54) is 6.20 Å². The molecule has 0 aliphatic rings. The maximum absolute atomic E-state index is 11.5. The average molecular weight is 306 g/mol. The van der Waals surface area contributed by atoms with Gasteiger partial charge in [-0.3, -0.25) is 15.1 Å². The zero-order chi connectivity index (χ0) is 17.2. The van der Waals surface area contributed by atoms with Gasteiger partial charge in [0.15, 0.2) is 6.29 Å². The molecule has 0 aliphatic carbocycles. The molecule has 0 saturated heterocycles. The van der Waals surface area contributed by atoms with E-state index in [0.29, 0.717) is 24.1 Å². The van der Waals surface area contributed by atoms with Gasteiger partial charge in [-0.05, 0) is 45.7 Å². The van der Waals surface area contributed by atoms with Crippen molar-refractivity contribution in [1.82, 2.24) is 10.3 Å². The average Bonchev–Trinajstić information content (AvgIpc) is 2.45. The summed E-state index contributed by atoms with van der Waals surface area (Å²) in [6.45, 7) is 13.2. The molecule has 0 radical (unpaired) electrons. The molecule has 22 heavy (non-hydrogen) atoms. The van der Waals surface area contributed by atoms with Crippen LogP contribution in [0, 0.1) is 0 Å². The Hall–Kier alpha value is -2.17. The number of hydrogen-bond donors (Lipinski definition) is 1. The molecule has 0 unspecified atom stereocenters. The van der Waals surface area contributed by atoms with Gasteiger partial charge >= 0.3 is 6.09 Å². The number of carbonyl (C=O) groups excluding carboxylic acids is 2. The molecule has 5 nitrogen and oxygen atoms in total. The van der Waals surface area contributed by atoms with Crippen molar-refractivity contribution in [3.8, 4) is 0 Å². The van der Waals surface area contributed by atoms with Crippen LogP contribution in [0.4, 0.5) is 4.79 Å². The Kier molecular flexibility index (Phi) is 8.75. The highest BCUT2D eigenvalue weighted by atomic mass is 16.6. The molecule has 1 heterocycles. The minimum atomic E-state index is -0.531. The van der Waals surface area contributed by atoms with Crippen molar-refractivity contribution in [2.75, 3.05) is 0 Å². The summed E-state index contributed by atoms with van der Waals surface area (Å²) in [4.78, 5) is 26.2. The van der Waals surface area contributed by atoms with E-state index >= 15 is 0 Å². The molecule has 0 saturated carbocycles. The lowest BCUT2D eigenvalue weighted by Gasteiger charge is -2.20. The lowest BCUT2D eigenvalue weighted by molar-refractivity contribution is 0.0544. The van der Waals surface area contributed by atoms with Crippen LogP contribution >= 0.6 is 0 Å². The normalized spacial score (nSPS) is 10.0. The first-order chi connectivity index (χ1) is 10.3. The smallest absolute Gasteiger partial charge is 0.411 e. The van der Waals surface area contributed by atoms with E-state index in [1.807, 2.05) is 13.8 Å². The molecule has 1 N–H and O–H groups in total. The summed E-state index contributed by atoms with van der Waals surface area (Å²) < 4.78 is 5.13. The molecular formula is C17H26N2O3. The fourth-order valence-electron chi connectivity index (χ4n) is 1.44. The Morgan fingerprint density at radius 2 is 2.00 bits per heavy atom. The summed E-state index contributed by atoms with van der Waals surface area (Å²) in [5, 5.41) is 2.59. The van der Waals surface area contributed by atoms with Gasteiger partial charge in [0.05, 0.1) is 0 Å². The number of aldehydes is 1. The Morgan fingerprint density at radius 1 is 1.36 bits per heavy atom. The summed E-state index contributed by atoms with van der Waals surface area (Å²) in [5.74, 6) is 0. The first-order valence-electron chi connectivity index (χ1n) is 7.38. The molecule has 5 heteroatoms. The van der Waals surface area contributed by atoms with Crippen LogP contribution in [-0.2, 0) is 11.2 Å². The van der Waals surface area contributed by atoms with Gasteiger partial charge < -0.3 is 4.74 Å². The zero-order valence-electron chi connectivity index (χ0n) is 14.1. The van der Waals surface area contributed by atoms with Gasteiger partial charge in [0.1, 0.15) is 5.60 Å². The van der Waals surface area contributed by atoms with E-state index < -0.39 is 11.7 Å². The third kappa shape index (κ3) is 8.89. The van der Waals surface area contributed by atoms with Crippen LogP contribution < -0.4 is 5.32 Å². The van der Waals surface area contributed by atoms with E-state index in [-0.39, 0.29) is 0 Å². The van der Waals surface area contributed by atoms with Gasteiger partial charge in [0, 0.05) is 23.2 Å². The minimum Gasteiger partial charge on any atom is -0.444 e. The predicted molar refractivity (Wildman–Crippen MR) is 87.8 cm³/mol. The van der Waals surface area contributed by atoms with Crippen LogP contribution in [0.25, 0.3) is 0 Å². The lowest BCUT2D eigenvalue weighted by Crippen LogP contribution is -2.31. The molecule has 0 bridgehead atoms. The van der Waals surface area contributed by atoms with Crippen molar-refractivity contribution in [1.29, 1.82) is 0 Å². The third-order valence-corrected chi connectivity index (χ3v) is 2.34. The first kappa shape index (κ1) is 19.8. The van der Waals surface area contributed by atoms with E-state index in [1.54, 1.807) is 32.9 Å². The topological polar surface area (TPSA) is 68.3 Å². The van der Waals surface area contributed by atoms with Crippen molar-refractivity contribution < 1.29 is 14.3 Å². The van der Waals surface area contributed by atoms with Crippen molar-refractivity contribution in [3.63, 3.8) is 0 Å². The lowest BCUT2D eigenvalue weighted by atomic mass is 10.1. The molecular weight excluding hydrogens is 280 g/mol. The standard InChI is InChI=1S/C15H20N2O3.C2H6/c1-11(17-14(19)20-15(2,3)4)5-7-13-8-6-12(10-18)9-16-13;1-2/h6,8-10H,1,5,7H2,2-4H3,(H,17,19);1-2H3. The molecule has 0 aliphatic heterocycles. The molecule has 1 aromatic heterocycles. The Balaban J connectivity index is 0.00000211. The highest BCUT2D eigenvalue weighted by Gasteiger charge is 2.16. The molecule has 0 fully saturated rings. The van der Waals surface area contributed by atoms with Crippen molar-refractivity contribution in [2.45, 2.75) is 53.1 Å². The summed E-state index contributed by atoms with van der Waals surface area (Å²) >= 11 is 0. The van der Waals surface area contributed by atoms with Gasteiger partial charge in [-0.2, -0.15) is 0 Å². The van der Waals surface area contributed by atoms with Gasteiger partial charge in [0.2, 0.25) is 0 Å². The number of hydrogen-bond acceptors (Lipinski definition) is 4. The van der Waals surface area contributed by atoms with Gasteiger partial charge in [-0.15, -0.1) is 0 Å². The Labute approximate surface area is 132 Å². The summed E-state index contributed by atoms with van der Waals surface area (Å²) in [7, 11) is 0. The van der Waals surface area contributed by atoms with Crippen LogP contribution in [0.5, 0.6) is 0 Å². The number of pyridine rings is 1. The van der Waals surface area contributed by atoms with E-state index in [0.717, 1.165) is 12.0 Å². The molecule has 122 valence electrons. The first-order valence-corrected chi connectivity index (χ1v) is 7.38.